The maximum absolute atomic E-state index is 12.9. The third-order valence-corrected chi connectivity index (χ3v) is 7.34. The highest BCUT2D eigenvalue weighted by atomic mass is 16.5. The molecule has 0 radical (unpaired) electrons. The highest BCUT2D eigenvalue weighted by Gasteiger charge is 2.14. The second-order valence-electron chi connectivity index (χ2n) is 9.67. The number of fused-ring (bicyclic) bond motifs is 8. The normalized spacial score (nSPS) is 11.3. The van der Waals surface area contributed by atoms with Crippen molar-refractivity contribution in [3.05, 3.63) is 130 Å². The smallest absolute Gasteiger partial charge is 0.201 e. The first kappa shape index (κ1) is 24.4. The molecule has 0 fully saturated rings. The molecule has 8 aromatic rings. The quantitative estimate of drug-likeness (QED) is 0.169. The van der Waals surface area contributed by atoms with Crippen molar-refractivity contribution in [1.82, 2.24) is 0 Å². The highest BCUT2D eigenvalue weighted by Crippen LogP contribution is 2.31. The van der Waals surface area contributed by atoms with Crippen molar-refractivity contribution in [3.8, 4) is 11.5 Å². The van der Waals surface area contributed by atoms with Crippen molar-refractivity contribution >= 4 is 65.4 Å². The summed E-state index contributed by atoms with van der Waals surface area (Å²) in [4.78, 5) is 25.5. The summed E-state index contributed by atoms with van der Waals surface area (Å²) >= 11 is 0. The first-order valence-corrected chi connectivity index (χ1v) is 13.0. The van der Waals surface area contributed by atoms with Crippen LogP contribution >= 0.6 is 0 Å². The molecule has 0 saturated carbocycles. The molecule has 0 aliphatic carbocycles. The van der Waals surface area contributed by atoms with Gasteiger partial charge < -0.3 is 18.7 Å². The first-order chi connectivity index (χ1) is 20.0. The van der Waals surface area contributed by atoms with Gasteiger partial charge in [0.25, 0.3) is 0 Å². The summed E-state index contributed by atoms with van der Waals surface area (Å²) in [7, 11) is 1.57. The zero-order valence-electron chi connectivity index (χ0n) is 21.9. The van der Waals surface area contributed by atoms with Gasteiger partial charge in [-0.25, -0.2) is 0 Å². The molecule has 1 N–H and O–H groups in total. The average Bonchev–Trinajstić information content (AvgIpc) is 3.01. The topological polar surface area (TPSA) is 89.9 Å². The maximum Gasteiger partial charge on any atom is 0.201 e. The van der Waals surface area contributed by atoms with Crippen molar-refractivity contribution in [3.63, 3.8) is 0 Å². The van der Waals surface area contributed by atoms with Gasteiger partial charge in [0.2, 0.25) is 10.9 Å². The van der Waals surface area contributed by atoms with Gasteiger partial charge >= 0.3 is 0 Å². The number of aromatic hydroxyl groups is 1. The van der Waals surface area contributed by atoms with E-state index in [1.54, 1.807) is 43.5 Å². The summed E-state index contributed by atoms with van der Waals surface area (Å²) < 4.78 is 16.9. The molecular weight excluding hydrogens is 516 g/mol. The molecule has 6 heteroatoms. The molecule has 2 heterocycles. The minimum absolute atomic E-state index is 0.0188. The molecule has 0 aliphatic heterocycles. The van der Waals surface area contributed by atoms with E-state index < -0.39 is 0 Å². The summed E-state index contributed by atoms with van der Waals surface area (Å²) in [6.07, 6.45) is 0. The number of benzene rings is 6. The fourth-order valence-corrected chi connectivity index (χ4v) is 5.40. The van der Waals surface area contributed by atoms with Crippen LogP contribution in [0.4, 0.5) is 0 Å². The van der Waals surface area contributed by atoms with Gasteiger partial charge in [-0.1, -0.05) is 72.8 Å². The van der Waals surface area contributed by atoms with E-state index in [4.69, 9.17) is 13.6 Å². The zero-order chi connectivity index (χ0) is 28.1. The predicted octanol–water partition coefficient (Wildman–Crippen LogP) is 7.91. The molecular formula is C35H22O6. The Bertz CT molecular complexity index is 2420. The Morgan fingerprint density at radius 3 is 1.61 bits per heavy atom. The molecule has 0 aliphatic rings. The number of phenolic OH excluding ortho intramolecular Hbond substituents is 1. The number of hydrogen-bond donors (Lipinski definition) is 1. The van der Waals surface area contributed by atoms with E-state index in [1.165, 1.54) is 6.07 Å². The van der Waals surface area contributed by atoms with Crippen molar-refractivity contribution in [2.24, 2.45) is 0 Å². The summed E-state index contributed by atoms with van der Waals surface area (Å²) in [5.74, 6) is 0.550. The molecule has 0 unspecified atom stereocenters. The second kappa shape index (κ2) is 9.54. The molecule has 2 aromatic heterocycles. The average molecular weight is 539 g/mol. The van der Waals surface area contributed by atoms with Gasteiger partial charge in [0.15, 0.2) is 22.7 Å². The van der Waals surface area contributed by atoms with Crippen LogP contribution in [-0.4, -0.2) is 12.2 Å². The van der Waals surface area contributed by atoms with Crippen molar-refractivity contribution in [1.29, 1.82) is 0 Å². The SMILES string of the molecule is COc1cccc2c(=O)c3c(ccc4ccccc43)oc12.O=c1c2cccc(O)c2oc2ccc3ccccc3c12. The van der Waals surface area contributed by atoms with Crippen molar-refractivity contribution < 1.29 is 18.7 Å². The molecule has 6 nitrogen and oxygen atoms in total. The summed E-state index contributed by atoms with van der Waals surface area (Å²) in [5.41, 5.74) is 1.65. The number of hydrogen-bond acceptors (Lipinski definition) is 6. The van der Waals surface area contributed by atoms with E-state index in [1.807, 2.05) is 66.7 Å². The monoisotopic (exact) mass is 538 g/mol. The van der Waals surface area contributed by atoms with Crippen LogP contribution in [0.2, 0.25) is 0 Å². The Balaban J connectivity index is 0.000000135. The van der Waals surface area contributed by atoms with Crippen LogP contribution in [0.5, 0.6) is 11.5 Å². The van der Waals surface area contributed by atoms with Gasteiger partial charge in [-0.2, -0.15) is 0 Å². The van der Waals surface area contributed by atoms with E-state index in [9.17, 15) is 14.7 Å². The van der Waals surface area contributed by atoms with Crippen molar-refractivity contribution in [2.45, 2.75) is 0 Å². The van der Waals surface area contributed by atoms with Crippen LogP contribution in [0.1, 0.15) is 0 Å². The third-order valence-electron chi connectivity index (χ3n) is 7.34. The predicted molar refractivity (Wildman–Crippen MR) is 163 cm³/mol. The van der Waals surface area contributed by atoms with Crippen LogP contribution < -0.4 is 15.6 Å². The third kappa shape index (κ3) is 3.88. The Morgan fingerprint density at radius 1 is 0.537 bits per heavy atom. The minimum atomic E-state index is -0.117. The maximum atomic E-state index is 12.9. The molecule has 0 bridgehead atoms. The zero-order valence-corrected chi connectivity index (χ0v) is 21.9. The number of phenols is 1. The molecule has 41 heavy (non-hydrogen) atoms. The van der Waals surface area contributed by atoms with E-state index in [0.717, 1.165) is 21.5 Å². The standard InChI is InChI=1S/C18H12O3.C17H10O3/c1-20-15-8-4-7-13-17(19)16-12-6-3-2-5-11(12)9-10-14(16)21-18(13)15;18-13-7-3-6-12-16(19)15-11-5-2-1-4-10(11)8-9-14(15)20-17(12)13/h2-10H,1H3;1-9,18H. The van der Waals surface area contributed by atoms with E-state index in [-0.39, 0.29) is 22.2 Å². The molecule has 198 valence electrons. The second-order valence-corrected chi connectivity index (χ2v) is 9.67. The van der Waals surface area contributed by atoms with Crippen LogP contribution in [0.25, 0.3) is 65.4 Å². The Labute approximate surface area is 232 Å². The van der Waals surface area contributed by atoms with E-state index in [0.29, 0.717) is 44.0 Å². The van der Waals surface area contributed by atoms with Gasteiger partial charge in [-0.15, -0.1) is 0 Å². The molecule has 0 saturated heterocycles. The van der Waals surface area contributed by atoms with Gasteiger partial charge in [0.1, 0.15) is 11.2 Å². The van der Waals surface area contributed by atoms with Gasteiger partial charge in [-0.3, -0.25) is 9.59 Å². The van der Waals surface area contributed by atoms with Crippen LogP contribution in [-0.2, 0) is 0 Å². The lowest BCUT2D eigenvalue weighted by Crippen LogP contribution is -2.03. The fraction of sp³-hybridized carbons (Fsp3) is 0.0286. The Hall–Kier alpha value is -5.62. The number of rotatable bonds is 1. The summed E-state index contributed by atoms with van der Waals surface area (Å²) in [6.45, 7) is 0. The van der Waals surface area contributed by atoms with Gasteiger partial charge in [-0.05, 0) is 57.9 Å². The molecule has 6 aromatic carbocycles. The number of ether oxygens (including phenoxy) is 1. The fourth-order valence-electron chi connectivity index (χ4n) is 5.40. The number of methoxy groups -OCH3 is 1. The number of para-hydroxylation sites is 2. The lowest BCUT2D eigenvalue weighted by molar-refractivity contribution is 0.411. The van der Waals surface area contributed by atoms with Crippen LogP contribution in [0, 0.1) is 0 Å². The lowest BCUT2D eigenvalue weighted by atomic mass is 10.0. The minimum Gasteiger partial charge on any atom is -0.504 e. The largest absolute Gasteiger partial charge is 0.504 e. The van der Waals surface area contributed by atoms with Gasteiger partial charge in [0, 0.05) is 0 Å². The lowest BCUT2D eigenvalue weighted by Gasteiger charge is -2.07. The molecule has 0 amide bonds. The Kier molecular flexibility index (Phi) is 5.68. The van der Waals surface area contributed by atoms with Crippen LogP contribution in [0.15, 0.2) is 128 Å². The highest BCUT2D eigenvalue weighted by molar-refractivity contribution is 6.09. The first-order valence-electron chi connectivity index (χ1n) is 13.0. The van der Waals surface area contributed by atoms with Gasteiger partial charge in [0.05, 0.1) is 28.7 Å². The van der Waals surface area contributed by atoms with E-state index >= 15 is 0 Å². The molecule has 0 atom stereocenters. The summed E-state index contributed by atoms with van der Waals surface area (Å²) in [6, 6.07) is 33.2. The molecule has 8 rings (SSSR count). The molecule has 0 spiro atoms. The van der Waals surface area contributed by atoms with Crippen molar-refractivity contribution in [2.75, 3.05) is 7.11 Å². The Morgan fingerprint density at radius 2 is 1.02 bits per heavy atom. The van der Waals surface area contributed by atoms with E-state index in [2.05, 4.69) is 0 Å². The van der Waals surface area contributed by atoms with Crippen LogP contribution in [0.3, 0.4) is 0 Å². The summed E-state index contributed by atoms with van der Waals surface area (Å²) in [5, 5.41) is 15.7.